The number of aliphatic hydroxyl groups excluding tert-OH is 1. The fourth-order valence-corrected chi connectivity index (χ4v) is 1.45. The molecule has 0 aliphatic rings. The molecule has 1 atom stereocenters. The minimum absolute atomic E-state index is 0.00975. The van der Waals surface area contributed by atoms with Crippen molar-refractivity contribution >= 4 is 0 Å². The first kappa shape index (κ1) is 13.9. The van der Waals surface area contributed by atoms with Crippen LogP contribution in [0.5, 0.6) is 0 Å². The molecule has 0 aliphatic heterocycles. The van der Waals surface area contributed by atoms with Crippen LogP contribution in [0.15, 0.2) is 0 Å². The van der Waals surface area contributed by atoms with Crippen LogP contribution in [0, 0.1) is 5.41 Å². The van der Waals surface area contributed by atoms with Crippen LogP contribution in [0.1, 0.15) is 53.9 Å². The van der Waals surface area contributed by atoms with Crippen molar-refractivity contribution in [2.75, 3.05) is 13.2 Å². The summed E-state index contributed by atoms with van der Waals surface area (Å²) >= 11 is 0. The summed E-state index contributed by atoms with van der Waals surface area (Å²) in [7, 11) is 0. The zero-order valence-corrected chi connectivity index (χ0v) is 10.5. The SMILES string of the molecule is CCCC(C)(CC)NCC(C)(C)CO. The second-order valence-corrected chi connectivity index (χ2v) is 5.34. The average Bonchev–Trinajstić information content (AvgIpc) is 2.16. The molecule has 2 N–H and O–H groups in total. The summed E-state index contributed by atoms with van der Waals surface area (Å²) in [6.45, 7) is 12.0. The van der Waals surface area contributed by atoms with Crippen molar-refractivity contribution in [1.82, 2.24) is 5.32 Å². The molecule has 0 amide bonds. The maximum absolute atomic E-state index is 9.15. The molecule has 0 heterocycles. The number of hydrogen-bond acceptors (Lipinski definition) is 2. The molecule has 0 aromatic carbocycles. The average molecular weight is 201 g/mol. The lowest BCUT2D eigenvalue weighted by Gasteiger charge is -2.34. The molecule has 0 spiro atoms. The predicted octanol–water partition coefficient (Wildman–Crippen LogP) is 2.56. The van der Waals surface area contributed by atoms with Gasteiger partial charge in [0.2, 0.25) is 0 Å². The van der Waals surface area contributed by atoms with Crippen molar-refractivity contribution in [1.29, 1.82) is 0 Å². The summed E-state index contributed by atoms with van der Waals surface area (Å²) in [6, 6.07) is 0. The van der Waals surface area contributed by atoms with Gasteiger partial charge in [-0.2, -0.15) is 0 Å². The van der Waals surface area contributed by atoms with Crippen LogP contribution in [0.2, 0.25) is 0 Å². The summed E-state index contributed by atoms with van der Waals surface area (Å²) in [5.41, 5.74) is 0.228. The lowest BCUT2D eigenvalue weighted by molar-refractivity contribution is 0.141. The minimum atomic E-state index is -0.00975. The van der Waals surface area contributed by atoms with E-state index >= 15 is 0 Å². The summed E-state index contributed by atoms with van der Waals surface area (Å²) in [4.78, 5) is 0. The number of aliphatic hydroxyl groups is 1. The van der Waals surface area contributed by atoms with Crippen molar-refractivity contribution in [3.63, 3.8) is 0 Å². The van der Waals surface area contributed by atoms with Crippen LogP contribution in [-0.2, 0) is 0 Å². The molecule has 1 unspecified atom stereocenters. The van der Waals surface area contributed by atoms with Gasteiger partial charge in [0, 0.05) is 24.1 Å². The highest BCUT2D eigenvalue weighted by Crippen LogP contribution is 2.19. The van der Waals surface area contributed by atoms with Gasteiger partial charge in [-0.1, -0.05) is 34.1 Å². The first-order valence-electron chi connectivity index (χ1n) is 5.75. The molecule has 86 valence electrons. The Bertz CT molecular complexity index is 156. The van der Waals surface area contributed by atoms with Crippen molar-refractivity contribution < 1.29 is 5.11 Å². The van der Waals surface area contributed by atoms with Crippen LogP contribution < -0.4 is 5.32 Å². The third kappa shape index (κ3) is 4.97. The van der Waals surface area contributed by atoms with Gasteiger partial charge in [0.15, 0.2) is 0 Å². The van der Waals surface area contributed by atoms with Gasteiger partial charge >= 0.3 is 0 Å². The summed E-state index contributed by atoms with van der Waals surface area (Å²) < 4.78 is 0. The van der Waals surface area contributed by atoms with Gasteiger partial charge in [-0.3, -0.25) is 0 Å². The Kier molecular flexibility index (Phi) is 5.68. The maximum atomic E-state index is 9.15. The fraction of sp³-hybridized carbons (Fsp3) is 1.00. The first-order valence-corrected chi connectivity index (χ1v) is 5.75. The molecule has 0 fully saturated rings. The van der Waals surface area contributed by atoms with E-state index < -0.39 is 0 Å². The van der Waals surface area contributed by atoms with E-state index in [0.29, 0.717) is 0 Å². The van der Waals surface area contributed by atoms with Gasteiger partial charge < -0.3 is 10.4 Å². The summed E-state index contributed by atoms with van der Waals surface area (Å²) in [5.74, 6) is 0. The molecule has 2 nitrogen and oxygen atoms in total. The molecule has 0 aromatic heterocycles. The highest BCUT2D eigenvalue weighted by atomic mass is 16.3. The lowest BCUT2D eigenvalue weighted by atomic mass is 9.89. The van der Waals surface area contributed by atoms with Crippen molar-refractivity contribution in [2.24, 2.45) is 5.41 Å². The standard InChI is InChI=1S/C12H27NO/c1-6-8-12(5,7-2)13-9-11(3,4)10-14/h13-14H,6-10H2,1-5H3. The maximum Gasteiger partial charge on any atom is 0.0494 e. The molecular weight excluding hydrogens is 174 g/mol. The van der Waals surface area contributed by atoms with E-state index in [9.17, 15) is 0 Å². The van der Waals surface area contributed by atoms with E-state index in [1.165, 1.54) is 12.8 Å². The molecular formula is C12H27NO. The predicted molar refractivity (Wildman–Crippen MR) is 62.5 cm³/mol. The summed E-state index contributed by atoms with van der Waals surface area (Å²) in [6.07, 6.45) is 3.55. The van der Waals surface area contributed by atoms with Crippen molar-refractivity contribution in [2.45, 2.75) is 59.4 Å². The van der Waals surface area contributed by atoms with Gasteiger partial charge in [0.1, 0.15) is 0 Å². The Balaban J connectivity index is 4.06. The quantitative estimate of drug-likeness (QED) is 0.663. The lowest BCUT2D eigenvalue weighted by Crippen LogP contribution is -2.46. The zero-order chi connectivity index (χ0) is 11.2. The van der Waals surface area contributed by atoms with Crippen LogP contribution in [0.25, 0.3) is 0 Å². The molecule has 0 radical (unpaired) electrons. The Morgan fingerprint density at radius 3 is 2.07 bits per heavy atom. The van der Waals surface area contributed by atoms with E-state index in [2.05, 4.69) is 39.9 Å². The first-order chi connectivity index (χ1) is 6.39. The monoisotopic (exact) mass is 201 g/mol. The second kappa shape index (κ2) is 5.72. The third-order valence-electron chi connectivity index (χ3n) is 3.00. The van der Waals surface area contributed by atoms with Crippen molar-refractivity contribution in [3.05, 3.63) is 0 Å². The van der Waals surface area contributed by atoms with E-state index in [1.54, 1.807) is 0 Å². The summed E-state index contributed by atoms with van der Waals surface area (Å²) in [5, 5.41) is 12.7. The van der Waals surface area contributed by atoms with Crippen LogP contribution in [0.4, 0.5) is 0 Å². The molecule has 0 rings (SSSR count). The van der Waals surface area contributed by atoms with E-state index in [-0.39, 0.29) is 17.6 Å². The molecule has 0 saturated carbocycles. The highest BCUT2D eigenvalue weighted by molar-refractivity contribution is 4.84. The molecule has 14 heavy (non-hydrogen) atoms. The normalized spacial score (nSPS) is 16.7. The smallest absolute Gasteiger partial charge is 0.0494 e. The Labute approximate surface area is 89.1 Å². The van der Waals surface area contributed by atoms with Gasteiger partial charge in [-0.05, 0) is 19.8 Å². The Morgan fingerprint density at radius 1 is 1.14 bits per heavy atom. The van der Waals surface area contributed by atoms with E-state index in [1.807, 2.05) is 0 Å². The topological polar surface area (TPSA) is 32.3 Å². The van der Waals surface area contributed by atoms with Crippen molar-refractivity contribution in [3.8, 4) is 0 Å². The third-order valence-corrected chi connectivity index (χ3v) is 3.00. The number of rotatable bonds is 7. The largest absolute Gasteiger partial charge is 0.396 e. The van der Waals surface area contributed by atoms with Gasteiger partial charge in [-0.25, -0.2) is 0 Å². The molecule has 0 bridgehead atoms. The van der Waals surface area contributed by atoms with Gasteiger partial charge in [0.25, 0.3) is 0 Å². The molecule has 2 heteroatoms. The van der Waals surface area contributed by atoms with E-state index in [4.69, 9.17) is 5.11 Å². The number of hydrogen-bond donors (Lipinski definition) is 2. The van der Waals surface area contributed by atoms with Crippen LogP contribution in [-0.4, -0.2) is 23.8 Å². The fourth-order valence-electron chi connectivity index (χ4n) is 1.45. The van der Waals surface area contributed by atoms with Crippen LogP contribution in [0.3, 0.4) is 0 Å². The molecule has 0 aromatic rings. The number of nitrogens with one attached hydrogen (secondary N) is 1. The zero-order valence-electron chi connectivity index (χ0n) is 10.5. The second-order valence-electron chi connectivity index (χ2n) is 5.34. The highest BCUT2D eigenvalue weighted by Gasteiger charge is 2.24. The van der Waals surface area contributed by atoms with E-state index in [0.717, 1.165) is 13.0 Å². The molecule has 0 aliphatic carbocycles. The Morgan fingerprint density at radius 2 is 1.71 bits per heavy atom. The van der Waals surface area contributed by atoms with Crippen LogP contribution >= 0.6 is 0 Å². The van der Waals surface area contributed by atoms with Gasteiger partial charge in [-0.15, -0.1) is 0 Å². The Hall–Kier alpha value is -0.0800. The van der Waals surface area contributed by atoms with Gasteiger partial charge in [0.05, 0.1) is 0 Å². The molecule has 0 saturated heterocycles. The minimum Gasteiger partial charge on any atom is -0.396 e.